The van der Waals surface area contributed by atoms with Crippen molar-refractivity contribution >= 4 is 34.9 Å². The third kappa shape index (κ3) is 4.07. The van der Waals surface area contributed by atoms with Gasteiger partial charge in [0.05, 0.1) is 17.2 Å². The van der Waals surface area contributed by atoms with Crippen LogP contribution in [0.15, 0.2) is 30.3 Å². The van der Waals surface area contributed by atoms with E-state index in [2.05, 4.69) is 0 Å². The van der Waals surface area contributed by atoms with Crippen LogP contribution in [0.25, 0.3) is 0 Å². The predicted octanol–water partition coefficient (Wildman–Crippen LogP) is 4.51. The molecule has 2 aliphatic heterocycles. The Kier molecular flexibility index (Phi) is 6.06. The molecule has 0 aromatic heterocycles. The summed E-state index contributed by atoms with van der Waals surface area (Å²) >= 11 is 12.0. The van der Waals surface area contributed by atoms with Crippen LogP contribution >= 0.6 is 23.2 Å². The standard InChI is InChI=1S/C22H21Cl2NO5/c1-28-18-11-15(12-19-21(18)30-9-8-29-19)22(27)25-6-4-13(5-7-25)20(26)14-2-3-16(23)17(24)10-14/h2-3,10-13H,4-9H2,1H3. The van der Waals surface area contributed by atoms with E-state index in [-0.39, 0.29) is 17.6 Å². The number of carbonyl (C=O) groups is 2. The Balaban J connectivity index is 1.44. The fourth-order valence-electron chi connectivity index (χ4n) is 3.81. The van der Waals surface area contributed by atoms with E-state index in [1.807, 2.05) is 0 Å². The highest BCUT2D eigenvalue weighted by molar-refractivity contribution is 6.42. The van der Waals surface area contributed by atoms with Crippen LogP contribution in [0.1, 0.15) is 33.6 Å². The molecule has 0 aliphatic carbocycles. The van der Waals surface area contributed by atoms with Gasteiger partial charge in [-0.15, -0.1) is 0 Å². The number of nitrogens with zero attached hydrogens (tertiary/aromatic N) is 1. The number of methoxy groups -OCH3 is 1. The summed E-state index contributed by atoms with van der Waals surface area (Å²) in [5.41, 5.74) is 1.02. The average molecular weight is 450 g/mol. The van der Waals surface area contributed by atoms with Crippen LogP contribution in [0.3, 0.4) is 0 Å². The van der Waals surface area contributed by atoms with Gasteiger partial charge in [0.1, 0.15) is 13.2 Å². The lowest BCUT2D eigenvalue weighted by Gasteiger charge is -2.32. The highest BCUT2D eigenvalue weighted by atomic mass is 35.5. The van der Waals surface area contributed by atoms with E-state index in [0.717, 1.165) is 0 Å². The molecule has 1 amide bonds. The van der Waals surface area contributed by atoms with Crippen molar-refractivity contribution in [1.82, 2.24) is 4.90 Å². The molecule has 1 saturated heterocycles. The number of halogens is 2. The molecule has 1 fully saturated rings. The van der Waals surface area contributed by atoms with Crippen molar-refractivity contribution in [2.24, 2.45) is 5.92 Å². The summed E-state index contributed by atoms with van der Waals surface area (Å²) in [6.07, 6.45) is 1.18. The minimum absolute atomic E-state index is 0.0293. The van der Waals surface area contributed by atoms with E-state index in [4.69, 9.17) is 37.4 Å². The van der Waals surface area contributed by atoms with Crippen molar-refractivity contribution in [3.63, 3.8) is 0 Å². The lowest BCUT2D eigenvalue weighted by atomic mass is 9.88. The normalized spacial score (nSPS) is 16.3. The summed E-state index contributed by atoms with van der Waals surface area (Å²) in [5.74, 6) is 1.26. The minimum Gasteiger partial charge on any atom is -0.493 e. The molecule has 0 N–H and O–H groups in total. The van der Waals surface area contributed by atoms with Crippen molar-refractivity contribution in [1.29, 1.82) is 0 Å². The number of ketones is 1. The fourth-order valence-corrected chi connectivity index (χ4v) is 4.11. The lowest BCUT2D eigenvalue weighted by molar-refractivity contribution is 0.0649. The molecule has 2 aromatic rings. The van der Waals surface area contributed by atoms with Crippen LogP contribution in [0.2, 0.25) is 10.0 Å². The molecule has 4 rings (SSSR count). The Bertz CT molecular complexity index is 968. The Morgan fingerprint density at radius 3 is 2.43 bits per heavy atom. The maximum Gasteiger partial charge on any atom is 0.254 e. The number of carbonyl (C=O) groups excluding carboxylic acids is 2. The number of hydrogen-bond acceptors (Lipinski definition) is 5. The molecule has 158 valence electrons. The van der Waals surface area contributed by atoms with E-state index < -0.39 is 0 Å². The molecule has 2 aromatic carbocycles. The summed E-state index contributed by atoms with van der Waals surface area (Å²) in [6.45, 7) is 1.85. The Hall–Kier alpha value is -2.44. The summed E-state index contributed by atoms with van der Waals surface area (Å²) in [6, 6.07) is 8.28. The third-order valence-corrected chi connectivity index (χ3v) is 6.17. The van der Waals surface area contributed by atoms with Gasteiger partial charge in [-0.25, -0.2) is 0 Å². The number of Topliss-reactive ketones (excluding diaryl/α,β-unsaturated/α-hetero) is 1. The van der Waals surface area contributed by atoms with Crippen molar-refractivity contribution in [3.05, 3.63) is 51.5 Å². The molecule has 6 nitrogen and oxygen atoms in total. The van der Waals surface area contributed by atoms with Crippen LogP contribution < -0.4 is 14.2 Å². The quantitative estimate of drug-likeness (QED) is 0.642. The zero-order chi connectivity index (χ0) is 21.3. The van der Waals surface area contributed by atoms with Gasteiger partial charge >= 0.3 is 0 Å². The Labute approximate surface area is 184 Å². The number of amides is 1. The monoisotopic (exact) mass is 449 g/mol. The van der Waals surface area contributed by atoms with Crippen molar-refractivity contribution in [2.45, 2.75) is 12.8 Å². The smallest absolute Gasteiger partial charge is 0.254 e. The van der Waals surface area contributed by atoms with Gasteiger partial charge in [-0.2, -0.15) is 0 Å². The maximum absolute atomic E-state index is 13.0. The van der Waals surface area contributed by atoms with Gasteiger partial charge in [0.25, 0.3) is 5.91 Å². The molecule has 2 aliphatic rings. The van der Waals surface area contributed by atoms with Crippen molar-refractivity contribution in [2.75, 3.05) is 33.4 Å². The first kappa shape index (κ1) is 20.8. The second-order valence-electron chi connectivity index (χ2n) is 7.26. The van der Waals surface area contributed by atoms with Crippen LogP contribution in [-0.4, -0.2) is 50.0 Å². The molecule has 0 unspecified atom stereocenters. The zero-order valence-electron chi connectivity index (χ0n) is 16.5. The van der Waals surface area contributed by atoms with E-state index in [0.29, 0.717) is 77.6 Å². The Morgan fingerprint density at radius 1 is 1.00 bits per heavy atom. The van der Waals surface area contributed by atoms with Crippen LogP contribution in [0, 0.1) is 5.92 Å². The van der Waals surface area contributed by atoms with Gasteiger partial charge in [0.15, 0.2) is 17.3 Å². The molecule has 0 atom stereocenters. The van der Waals surface area contributed by atoms with Crippen molar-refractivity contribution < 1.29 is 23.8 Å². The van der Waals surface area contributed by atoms with E-state index in [1.165, 1.54) is 7.11 Å². The van der Waals surface area contributed by atoms with Crippen LogP contribution in [0.4, 0.5) is 0 Å². The number of hydrogen-bond donors (Lipinski definition) is 0. The van der Waals surface area contributed by atoms with Crippen LogP contribution in [-0.2, 0) is 0 Å². The molecule has 8 heteroatoms. The van der Waals surface area contributed by atoms with Gasteiger partial charge in [-0.1, -0.05) is 23.2 Å². The second kappa shape index (κ2) is 8.74. The van der Waals surface area contributed by atoms with Gasteiger partial charge < -0.3 is 19.1 Å². The summed E-state index contributed by atoms with van der Waals surface area (Å²) in [5, 5.41) is 0.783. The van der Waals surface area contributed by atoms with E-state index in [1.54, 1.807) is 35.2 Å². The SMILES string of the molecule is COc1cc(C(=O)N2CCC(C(=O)c3ccc(Cl)c(Cl)c3)CC2)cc2c1OCCO2. The molecule has 0 saturated carbocycles. The molecular weight excluding hydrogens is 429 g/mol. The number of ether oxygens (including phenoxy) is 3. The van der Waals surface area contributed by atoms with Crippen molar-refractivity contribution in [3.8, 4) is 17.2 Å². The third-order valence-electron chi connectivity index (χ3n) is 5.43. The first-order chi connectivity index (χ1) is 14.5. The highest BCUT2D eigenvalue weighted by Gasteiger charge is 2.30. The van der Waals surface area contributed by atoms with Gasteiger partial charge in [0.2, 0.25) is 5.75 Å². The number of benzene rings is 2. The van der Waals surface area contributed by atoms with Gasteiger partial charge in [-0.05, 0) is 43.2 Å². The molecule has 0 bridgehead atoms. The first-order valence-corrected chi connectivity index (χ1v) is 10.5. The van der Waals surface area contributed by atoms with Gasteiger partial charge in [0, 0.05) is 30.1 Å². The molecule has 2 heterocycles. The van der Waals surface area contributed by atoms with Gasteiger partial charge in [-0.3, -0.25) is 9.59 Å². The molecule has 0 radical (unpaired) electrons. The minimum atomic E-state index is -0.152. The molecule has 30 heavy (non-hydrogen) atoms. The van der Waals surface area contributed by atoms with Crippen LogP contribution in [0.5, 0.6) is 17.2 Å². The number of rotatable bonds is 4. The number of likely N-dealkylation sites (tertiary alicyclic amines) is 1. The number of fused-ring (bicyclic) bond motifs is 1. The molecule has 0 spiro atoms. The topological polar surface area (TPSA) is 65.1 Å². The second-order valence-corrected chi connectivity index (χ2v) is 8.08. The summed E-state index contributed by atoms with van der Waals surface area (Å²) in [7, 11) is 1.53. The number of piperidine rings is 1. The molecular formula is C22H21Cl2NO5. The largest absolute Gasteiger partial charge is 0.493 e. The van der Waals surface area contributed by atoms with E-state index >= 15 is 0 Å². The fraction of sp³-hybridized carbons (Fsp3) is 0.364. The predicted molar refractivity (Wildman–Crippen MR) is 113 cm³/mol. The Morgan fingerprint density at radius 2 is 1.73 bits per heavy atom. The lowest BCUT2D eigenvalue weighted by Crippen LogP contribution is -2.40. The maximum atomic E-state index is 13.0. The zero-order valence-corrected chi connectivity index (χ0v) is 18.0. The van der Waals surface area contributed by atoms with E-state index in [9.17, 15) is 9.59 Å². The highest BCUT2D eigenvalue weighted by Crippen LogP contribution is 2.40. The first-order valence-electron chi connectivity index (χ1n) is 9.74. The summed E-state index contributed by atoms with van der Waals surface area (Å²) in [4.78, 5) is 27.6. The summed E-state index contributed by atoms with van der Waals surface area (Å²) < 4.78 is 16.6. The average Bonchev–Trinajstić information content (AvgIpc) is 2.79.